The first-order valence-electron chi connectivity index (χ1n) is 11.5. The fourth-order valence-corrected chi connectivity index (χ4v) is 8.91. The first-order valence-corrected chi connectivity index (χ1v) is 11.5. The zero-order valence-corrected chi connectivity index (χ0v) is 15.4. The molecule has 0 saturated heterocycles. The van der Waals surface area contributed by atoms with Gasteiger partial charge in [0, 0.05) is 6.42 Å². The fourth-order valence-electron chi connectivity index (χ4n) is 8.91. The van der Waals surface area contributed by atoms with Gasteiger partial charge in [0.15, 0.2) is 0 Å². The van der Waals surface area contributed by atoms with Crippen LogP contribution in [0, 0.1) is 58.2 Å². The number of hydrogen-bond donors (Lipinski definition) is 0. The van der Waals surface area contributed by atoms with Crippen molar-refractivity contribution >= 4 is 0 Å². The summed E-state index contributed by atoms with van der Waals surface area (Å²) in [6.45, 7) is 0. The first kappa shape index (κ1) is 13.9. The molecule has 8 aliphatic rings. The van der Waals surface area contributed by atoms with Crippen molar-refractivity contribution in [3.8, 4) is 0 Å². The van der Waals surface area contributed by atoms with E-state index in [1.54, 1.807) is 89.9 Å². The SMILES string of the molecule is C1C2CC3([C+](C4CC4)C4CC4)CC1CC([C+](C1CC1)C1CC1)(C2)C3. The average molecular weight is 323 g/mol. The van der Waals surface area contributed by atoms with E-state index in [1.807, 2.05) is 0 Å². The second kappa shape index (κ2) is 4.34. The first-order chi connectivity index (χ1) is 11.7. The Balaban J connectivity index is 1.29. The van der Waals surface area contributed by atoms with Gasteiger partial charge in [-0.25, -0.2) is 0 Å². The summed E-state index contributed by atoms with van der Waals surface area (Å²) >= 11 is 0. The Bertz CT molecular complexity index is 460. The van der Waals surface area contributed by atoms with Gasteiger partial charge in [-0.15, -0.1) is 0 Å². The normalized spacial score (nSPS) is 49.5. The Labute approximate surface area is 148 Å². The third kappa shape index (κ3) is 1.92. The lowest BCUT2D eigenvalue weighted by atomic mass is 9.38. The predicted molar refractivity (Wildman–Crippen MR) is 96.9 cm³/mol. The van der Waals surface area contributed by atoms with Crippen LogP contribution in [0.4, 0.5) is 0 Å². The van der Waals surface area contributed by atoms with Crippen LogP contribution in [0.25, 0.3) is 0 Å². The summed E-state index contributed by atoms with van der Waals surface area (Å²) in [5.41, 5.74) is 1.50. The highest BCUT2D eigenvalue weighted by atomic mass is 14.7. The van der Waals surface area contributed by atoms with Crippen LogP contribution in [0.2, 0.25) is 0 Å². The molecule has 8 fully saturated rings. The van der Waals surface area contributed by atoms with Gasteiger partial charge in [0.1, 0.15) is 46.3 Å². The monoisotopic (exact) mass is 322 g/mol. The highest BCUT2D eigenvalue weighted by Gasteiger charge is 2.76. The molecule has 8 rings (SSSR count). The average Bonchev–Trinajstić information content (AvgIpc) is 3.37. The van der Waals surface area contributed by atoms with Crippen LogP contribution < -0.4 is 0 Å². The maximum atomic E-state index is 2.19. The second-order valence-electron chi connectivity index (χ2n) is 11.5. The molecule has 0 aromatic rings. The van der Waals surface area contributed by atoms with Crippen LogP contribution >= 0.6 is 0 Å². The van der Waals surface area contributed by atoms with E-state index in [1.165, 1.54) is 0 Å². The Morgan fingerprint density at radius 2 is 0.833 bits per heavy atom. The van der Waals surface area contributed by atoms with Crippen LogP contribution in [0.5, 0.6) is 0 Å². The molecule has 0 amide bonds. The van der Waals surface area contributed by atoms with Gasteiger partial charge >= 0.3 is 0 Å². The molecule has 4 bridgehead atoms. The van der Waals surface area contributed by atoms with E-state index in [9.17, 15) is 0 Å². The second-order valence-corrected chi connectivity index (χ2v) is 11.5. The topological polar surface area (TPSA) is 0 Å². The molecule has 128 valence electrons. The van der Waals surface area contributed by atoms with Crippen molar-refractivity contribution in [2.45, 2.75) is 89.9 Å². The quantitative estimate of drug-likeness (QED) is 0.499. The van der Waals surface area contributed by atoms with E-state index in [4.69, 9.17) is 0 Å². The van der Waals surface area contributed by atoms with Gasteiger partial charge in [0.25, 0.3) is 0 Å². The molecule has 0 radical (unpaired) electrons. The van der Waals surface area contributed by atoms with Gasteiger partial charge in [-0.1, -0.05) is 0 Å². The summed E-state index contributed by atoms with van der Waals surface area (Å²) in [6, 6.07) is 0. The summed E-state index contributed by atoms with van der Waals surface area (Å²) in [5.74, 6) is 11.0. The molecular weight excluding hydrogens is 288 g/mol. The smallest absolute Gasteiger partial charge is 0.0469 e. The van der Waals surface area contributed by atoms with Crippen molar-refractivity contribution in [3.05, 3.63) is 11.8 Å². The predicted octanol–water partition coefficient (Wildman–Crippen LogP) is 6.36. The Morgan fingerprint density at radius 3 is 1.12 bits per heavy atom. The highest BCUT2D eigenvalue weighted by Crippen LogP contribution is 2.77. The molecule has 0 heteroatoms. The van der Waals surface area contributed by atoms with Gasteiger partial charge in [-0.2, -0.15) is 0 Å². The zero-order chi connectivity index (χ0) is 15.5. The largest absolute Gasteiger partial charge is 0.116 e. The molecular formula is C24H34+2. The third-order valence-corrected chi connectivity index (χ3v) is 9.35. The van der Waals surface area contributed by atoms with Gasteiger partial charge in [0.2, 0.25) is 0 Å². The van der Waals surface area contributed by atoms with E-state index in [0.29, 0.717) is 0 Å². The zero-order valence-electron chi connectivity index (χ0n) is 15.4. The van der Waals surface area contributed by atoms with Gasteiger partial charge in [-0.05, 0) is 95.3 Å². The van der Waals surface area contributed by atoms with Crippen molar-refractivity contribution in [3.63, 3.8) is 0 Å². The highest BCUT2D eigenvalue weighted by molar-refractivity contribution is 5.32. The summed E-state index contributed by atoms with van der Waals surface area (Å²) in [5, 5.41) is 0. The lowest BCUT2D eigenvalue weighted by molar-refractivity contribution is -0.106. The van der Waals surface area contributed by atoms with Crippen molar-refractivity contribution < 1.29 is 0 Å². The maximum absolute atomic E-state index is 2.19. The van der Waals surface area contributed by atoms with Crippen molar-refractivity contribution in [2.24, 2.45) is 46.3 Å². The molecule has 8 aliphatic carbocycles. The third-order valence-electron chi connectivity index (χ3n) is 9.35. The Hall–Kier alpha value is -0.260. The molecule has 0 spiro atoms. The van der Waals surface area contributed by atoms with Crippen molar-refractivity contribution in [2.75, 3.05) is 0 Å². The Kier molecular flexibility index (Phi) is 2.51. The summed E-state index contributed by atoms with van der Waals surface area (Å²) in [4.78, 5) is 0. The lowest BCUT2D eigenvalue weighted by Crippen LogP contribution is -2.57. The number of hydrogen-bond acceptors (Lipinski definition) is 0. The minimum absolute atomic E-state index is 0.751. The summed E-state index contributed by atoms with van der Waals surface area (Å²) < 4.78 is 0. The van der Waals surface area contributed by atoms with E-state index in [2.05, 4.69) is 11.8 Å². The molecule has 8 saturated carbocycles. The van der Waals surface area contributed by atoms with Crippen LogP contribution in [-0.4, -0.2) is 0 Å². The maximum Gasteiger partial charge on any atom is 0.116 e. The molecule has 0 nitrogen and oxygen atoms in total. The molecule has 0 unspecified atom stereocenters. The molecule has 0 atom stereocenters. The minimum Gasteiger partial charge on any atom is -0.0469 e. The van der Waals surface area contributed by atoms with E-state index in [-0.39, 0.29) is 0 Å². The molecule has 24 heavy (non-hydrogen) atoms. The molecule has 0 aliphatic heterocycles. The van der Waals surface area contributed by atoms with E-state index < -0.39 is 0 Å². The number of rotatable bonds is 6. The minimum atomic E-state index is 0.751. The molecule has 0 N–H and O–H groups in total. The molecule has 0 heterocycles. The standard InChI is InChI=1S/C24H34/c1-2-17(1)21(18-3-4-18)23-10-15-9-16(11-23)13-24(12-15,14-23)22(19-5-6-19)20-7-8-20/h15-20H,1-14H2/q+2. The molecule has 0 aromatic heterocycles. The van der Waals surface area contributed by atoms with Crippen LogP contribution in [-0.2, 0) is 0 Å². The van der Waals surface area contributed by atoms with Gasteiger partial charge in [-0.3, -0.25) is 0 Å². The van der Waals surface area contributed by atoms with Gasteiger partial charge < -0.3 is 0 Å². The van der Waals surface area contributed by atoms with Crippen molar-refractivity contribution in [1.29, 1.82) is 0 Å². The summed E-state index contributed by atoms with van der Waals surface area (Å²) in [6.07, 6.45) is 22.3. The van der Waals surface area contributed by atoms with Crippen LogP contribution in [0.15, 0.2) is 0 Å². The van der Waals surface area contributed by atoms with Crippen LogP contribution in [0.1, 0.15) is 89.9 Å². The Morgan fingerprint density at radius 1 is 0.500 bits per heavy atom. The lowest BCUT2D eigenvalue weighted by Gasteiger charge is -2.59. The van der Waals surface area contributed by atoms with E-state index in [0.717, 1.165) is 46.3 Å². The van der Waals surface area contributed by atoms with Crippen molar-refractivity contribution in [1.82, 2.24) is 0 Å². The van der Waals surface area contributed by atoms with E-state index >= 15 is 0 Å². The van der Waals surface area contributed by atoms with Gasteiger partial charge in [0.05, 0.1) is 0 Å². The fraction of sp³-hybridized carbons (Fsp3) is 0.917. The van der Waals surface area contributed by atoms with Crippen LogP contribution in [0.3, 0.4) is 0 Å². The molecule has 0 aromatic carbocycles. The summed E-state index contributed by atoms with van der Waals surface area (Å²) in [7, 11) is 0.